The van der Waals surface area contributed by atoms with Crippen LogP contribution >= 0.6 is 23.4 Å². The van der Waals surface area contributed by atoms with Crippen LogP contribution in [0.5, 0.6) is 0 Å². The maximum atomic E-state index is 12.1. The van der Waals surface area contributed by atoms with Gasteiger partial charge in [-0.25, -0.2) is 0 Å². The topological polar surface area (TPSA) is 29.1 Å². The first-order chi connectivity index (χ1) is 11.5. The van der Waals surface area contributed by atoms with Gasteiger partial charge in [0.05, 0.1) is 6.04 Å². The van der Waals surface area contributed by atoms with Crippen LogP contribution in [0.15, 0.2) is 47.4 Å². The van der Waals surface area contributed by atoms with Crippen molar-refractivity contribution >= 4 is 29.3 Å². The molecule has 1 amide bonds. The van der Waals surface area contributed by atoms with E-state index >= 15 is 0 Å². The number of benzene rings is 2. The lowest BCUT2D eigenvalue weighted by Gasteiger charge is -2.17. The molecule has 0 heterocycles. The van der Waals surface area contributed by atoms with Crippen molar-refractivity contribution in [3.63, 3.8) is 0 Å². The summed E-state index contributed by atoms with van der Waals surface area (Å²) in [5.41, 5.74) is 3.65. The quantitative estimate of drug-likeness (QED) is 0.505. The van der Waals surface area contributed by atoms with Crippen LogP contribution in [0.4, 0.5) is 0 Å². The fourth-order valence-corrected chi connectivity index (χ4v) is 3.64. The van der Waals surface area contributed by atoms with Gasteiger partial charge in [0, 0.05) is 16.3 Å². The Hall–Kier alpha value is -1.45. The molecule has 0 radical (unpaired) electrons. The minimum atomic E-state index is 0.0435. The Morgan fingerprint density at radius 3 is 2.54 bits per heavy atom. The maximum absolute atomic E-state index is 12.1. The second-order valence-corrected chi connectivity index (χ2v) is 7.66. The molecule has 2 nitrogen and oxygen atoms in total. The number of carbonyl (C=O) groups excluding carboxylic acids is 1. The van der Waals surface area contributed by atoms with E-state index in [4.69, 9.17) is 11.6 Å². The molecule has 128 valence electrons. The van der Waals surface area contributed by atoms with Crippen LogP contribution in [0, 0.1) is 13.8 Å². The highest BCUT2D eigenvalue weighted by molar-refractivity contribution is 7.99. The average molecular weight is 362 g/mol. The summed E-state index contributed by atoms with van der Waals surface area (Å²) < 4.78 is 0. The van der Waals surface area contributed by atoms with Gasteiger partial charge in [0.1, 0.15) is 0 Å². The van der Waals surface area contributed by atoms with E-state index in [1.807, 2.05) is 31.2 Å². The minimum Gasteiger partial charge on any atom is -0.350 e. The lowest BCUT2D eigenvalue weighted by atomic mass is 10.0. The molecule has 0 bridgehead atoms. The molecule has 4 heteroatoms. The Morgan fingerprint density at radius 2 is 1.88 bits per heavy atom. The predicted molar refractivity (Wildman–Crippen MR) is 104 cm³/mol. The van der Waals surface area contributed by atoms with Crippen LogP contribution < -0.4 is 5.32 Å². The van der Waals surface area contributed by atoms with Gasteiger partial charge in [0.15, 0.2) is 0 Å². The summed E-state index contributed by atoms with van der Waals surface area (Å²) in [6, 6.07) is 14.2. The molecule has 2 aromatic carbocycles. The number of halogens is 1. The van der Waals surface area contributed by atoms with Gasteiger partial charge < -0.3 is 5.32 Å². The number of thioether (sulfide) groups is 1. The van der Waals surface area contributed by atoms with Crippen LogP contribution in [0.3, 0.4) is 0 Å². The molecule has 0 aromatic heterocycles. The van der Waals surface area contributed by atoms with Crippen molar-refractivity contribution in [3.05, 3.63) is 64.2 Å². The van der Waals surface area contributed by atoms with Gasteiger partial charge >= 0.3 is 0 Å². The molecule has 24 heavy (non-hydrogen) atoms. The molecular weight excluding hydrogens is 338 g/mol. The molecule has 0 spiro atoms. The van der Waals surface area contributed by atoms with Crippen molar-refractivity contribution in [3.8, 4) is 0 Å². The summed E-state index contributed by atoms with van der Waals surface area (Å²) in [5.74, 6) is 1.03. The Kier molecular flexibility index (Phi) is 7.19. The van der Waals surface area contributed by atoms with Crippen LogP contribution in [0.2, 0.25) is 5.02 Å². The number of carbonyl (C=O) groups is 1. The van der Waals surface area contributed by atoms with Crippen molar-refractivity contribution in [1.82, 2.24) is 5.32 Å². The van der Waals surface area contributed by atoms with Gasteiger partial charge in [-0.2, -0.15) is 0 Å². The number of hydrogen-bond donors (Lipinski definition) is 1. The molecule has 2 rings (SSSR count). The number of rotatable bonds is 7. The highest BCUT2D eigenvalue weighted by atomic mass is 35.5. The number of aryl methyl sites for hydroxylation is 2. The second kappa shape index (κ2) is 9.14. The zero-order valence-corrected chi connectivity index (χ0v) is 16.0. The molecule has 0 aliphatic heterocycles. The molecular formula is C20H24ClNOS. The SMILES string of the molecule is Cc1ccc([C@H](C)NC(=O)CCCSc2ccc(Cl)cc2)c(C)c1. The van der Waals surface area contributed by atoms with Gasteiger partial charge in [0.25, 0.3) is 0 Å². The van der Waals surface area contributed by atoms with Crippen molar-refractivity contribution in [2.45, 2.75) is 44.6 Å². The maximum Gasteiger partial charge on any atom is 0.220 e. The van der Waals surface area contributed by atoms with Gasteiger partial charge in [-0.1, -0.05) is 35.4 Å². The van der Waals surface area contributed by atoms with E-state index < -0.39 is 0 Å². The fraction of sp³-hybridized carbons (Fsp3) is 0.350. The molecule has 0 fully saturated rings. The largest absolute Gasteiger partial charge is 0.350 e. The van der Waals surface area contributed by atoms with E-state index in [9.17, 15) is 4.79 Å². The first-order valence-corrected chi connectivity index (χ1v) is 9.57. The first kappa shape index (κ1) is 18.9. The van der Waals surface area contributed by atoms with Gasteiger partial charge in [-0.15, -0.1) is 11.8 Å². The highest BCUT2D eigenvalue weighted by Gasteiger charge is 2.11. The minimum absolute atomic E-state index is 0.0435. The predicted octanol–water partition coefficient (Wildman–Crippen LogP) is 5.71. The zero-order valence-electron chi connectivity index (χ0n) is 14.4. The van der Waals surface area contributed by atoms with Gasteiger partial charge in [-0.05, 0) is 68.3 Å². The molecule has 1 N–H and O–H groups in total. The van der Waals surface area contributed by atoms with Crippen LogP contribution in [-0.2, 0) is 4.79 Å². The summed E-state index contributed by atoms with van der Waals surface area (Å²) in [7, 11) is 0. The standard InChI is InChI=1S/C20H24ClNOS/c1-14-6-11-19(15(2)13-14)16(3)22-20(23)5-4-12-24-18-9-7-17(21)8-10-18/h6-11,13,16H,4-5,12H2,1-3H3,(H,22,23)/t16-/m0/s1. The lowest BCUT2D eigenvalue weighted by Crippen LogP contribution is -2.26. The number of nitrogens with one attached hydrogen (secondary N) is 1. The number of hydrogen-bond acceptors (Lipinski definition) is 2. The zero-order chi connectivity index (χ0) is 17.5. The van der Waals surface area contributed by atoms with Crippen LogP contribution in [0.1, 0.15) is 42.5 Å². The van der Waals surface area contributed by atoms with E-state index in [1.54, 1.807) is 11.8 Å². The molecule has 0 saturated heterocycles. The molecule has 0 saturated carbocycles. The third kappa shape index (κ3) is 5.88. The smallest absolute Gasteiger partial charge is 0.220 e. The lowest BCUT2D eigenvalue weighted by molar-refractivity contribution is -0.121. The Morgan fingerprint density at radius 1 is 1.17 bits per heavy atom. The highest BCUT2D eigenvalue weighted by Crippen LogP contribution is 2.22. The molecule has 0 aliphatic carbocycles. The third-order valence-corrected chi connectivity index (χ3v) is 5.25. The number of amides is 1. The van der Waals surface area contributed by atoms with Crippen molar-refractivity contribution in [2.24, 2.45) is 0 Å². The Bertz CT molecular complexity index is 685. The Balaban J connectivity index is 1.73. The normalized spacial score (nSPS) is 12.0. The van der Waals surface area contributed by atoms with E-state index in [2.05, 4.69) is 37.4 Å². The molecule has 0 unspecified atom stereocenters. The molecule has 2 aromatic rings. The summed E-state index contributed by atoms with van der Waals surface area (Å²) >= 11 is 7.62. The van der Waals surface area contributed by atoms with E-state index in [-0.39, 0.29) is 11.9 Å². The molecule has 1 atom stereocenters. The van der Waals surface area contributed by atoms with Gasteiger partial charge in [-0.3, -0.25) is 4.79 Å². The monoisotopic (exact) mass is 361 g/mol. The van der Waals surface area contributed by atoms with Crippen LogP contribution in [0.25, 0.3) is 0 Å². The Labute approximate surface area is 154 Å². The van der Waals surface area contributed by atoms with Crippen molar-refractivity contribution in [2.75, 3.05) is 5.75 Å². The molecule has 0 aliphatic rings. The van der Waals surface area contributed by atoms with Crippen molar-refractivity contribution < 1.29 is 4.79 Å². The summed E-state index contributed by atoms with van der Waals surface area (Å²) in [4.78, 5) is 13.3. The van der Waals surface area contributed by atoms with E-state index in [1.165, 1.54) is 21.6 Å². The van der Waals surface area contributed by atoms with Crippen LogP contribution in [-0.4, -0.2) is 11.7 Å². The summed E-state index contributed by atoms with van der Waals surface area (Å²) in [6.07, 6.45) is 1.41. The third-order valence-electron chi connectivity index (χ3n) is 3.90. The van der Waals surface area contributed by atoms with E-state index in [0.29, 0.717) is 6.42 Å². The average Bonchev–Trinajstić information content (AvgIpc) is 2.53. The van der Waals surface area contributed by atoms with E-state index in [0.717, 1.165) is 17.2 Å². The van der Waals surface area contributed by atoms with Gasteiger partial charge in [0.2, 0.25) is 5.91 Å². The summed E-state index contributed by atoms with van der Waals surface area (Å²) in [6.45, 7) is 6.21. The second-order valence-electron chi connectivity index (χ2n) is 6.06. The first-order valence-electron chi connectivity index (χ1n) is 8.20. The fourth-order valence-electron chi connectivity index (χ4n) is 2.66. The summed E-state index contributed by atoms with van der Waals surface area (Å²) in [5, 5.41) is 3.85. The van der Waals surface area contributed by atoms with Crippen molar-refractivity contribution in [1.29, 1.82) is 0 Å².